The molecule has 9 nitrogen and oxygen atoms in total. The van der Waals surface area contributed by atoms with Crippen molar-refractivity contribution < 1.29 is 28.0 Å². The zero-order chi connectivity index (χ0) is 17.8. The minimum absolute atomic E-state index is 0.0439. The van der Waals surface area contributed by atoms with Crippen LogP contribution in [0.2, 0.25) is 0 Å². The summed E-state index contributed by atoms with van der Waals surface area (Å²) in [6.07, 6.45) is 0.101. The first-order valence-electron chi connectivity index (χ1n) is 6.66. The maximum atomic E-state index is 12.4. The number of non-ortho nitro benzene ring substituents is 1. The number of hydrogen-bond donors (Lipinski definition) is 2. The summed E-state index contributed by atoms with van der Waals surface area (Å²) < 4.78 is 31.7. The van der Waals surface area contributed by atoms with Gasteiger partial charge >= 0.3 is 5.97 Å². The van der Waals surface area contributed by atoms with E-state index >= 15 is 0 Å². The Balaban J connectivity index is 3.21. The third-order valence-corrected chi connectivity index (χ3v) is 4.46. The highest BCUT2D eigenvalue weighted by Gasteiger charge is 2.29. The van der Waals surface area contributed by atoms with Crippen molar-refractivity contribution in [1.29, 1.82) is 0 Å². The lowest BCUT2D eigenvalue weighted by molar-refractivity contribution is -0.385. The van der Waals surface area contributed by atoms with Crippen molar-refractivity contribution in [1.82, 2.24) is 4.72 Å². The van der Waals surface area contributed by atoms with E-state index in [1.165, 1.54) is 7.11 Å². The number of nitrogens with zero attached hydrogens (tertiary/aromatic N) is 1. The van der Waals surface area contributed by atoms with Gasteiger partial charge in [0, 0.05) is 6.07 Å². The Bertz CT molecular complexity index is 700. The Morgan fingerprint density at radius 2 is 2.04 bits per heavy atom. The van der Waals surface area contributed by atoms with E-state index in [0.29, 0.717) is 0 Å². The third-order valence-electron chi connectivity index (χ3n) is 2.95. The second-order valence-electron chi connectivity index (χ2n) is 5.23. The lowest BCUT2D eigenvalue weighted by Gasteiger charge is -2.17. The van der Waals surface area contributed by atoms with Gasteiger partial charge in [0.1, 0.15) is 16.7 Å². The minimum atomic E-state index is -4.21. The zero-order valence-corrected chi connectivity index (χ0v) is 13.7. The number of methoxy groups -OCH3 is 1. The molecule has 0 bridgehead atoms. The van der Waals surface area contributed by atoms with Crippen molar-refractivity contribution in [3.8, 4) is 5.75 Å². The summed E-state index contributed by atoms with van der Waals surface area (Å²) in [5.41, 5.74) is -0.335. The predicted molar refractivity (Wildman–Crippen MR) is 80.8 cm³/mol. The number of benzene rings is 1. The van der Waals surface area contributed by atoms with Crippen LogP contribution in [0.1, 0.15) is 20.3 Å². The number of aliphatic carboxylic acids is 1. The predicted octanol–water partition coefficient (Wildman–Crippen LogP) is 1.38. The van der Waals surface area contributed by atoms with E-state index in [1.807, 2.05) is 0 Å². The smallest absolute Gasteiger partial charge is 0.321 e. The number of sulfonamides is 1. The van der Waals surface area contributed by atoms with Crippen molar-refractivity contribution in [3.05, 3.63) is 28.3 Å². The molecule has 0 saturated carbocycles. The second kappa shape index (κ2) is 7.38. The highest BCUT2D eigenvalue weighted by Crippen LogP contribution is 2.28. The molecule has 0 aliphatic rings. The summed E-state index contributed by atoms with van der Waals surface area (Å²) in [7, 11) is -3.05. The van der Waals surface area contributed by atoms with Crippen molar-refractivity contribution in [3.63, 3.8) is 0 Å². The first-order valence-corrected chi connectivity index (χ1v) is 8.14. The van der Waals surface area contributed by atoms with Gasteiger partial charge in [-0.15, -0.1) is 0 Å². The third kappa shape index (κ3) is 4.89. The molecule has 0 spiro atoms. The van der Waals surface area contributed by atoms with Crippen molar-refractivity contribution >= 4 is 21.7 Å². The normalized spacial score (nSPS) is 12.9. The molecule has 1 rings (SSSR count). The molecule has 0 aliphatic heterocycles. The topological polar surface area (TPSA) is 136 Å². The molecule has 1 aromatic carbocycles. The van der Waals surface area contributed by atoms with E-state index in [-0.39, 0.29) is 28.7 Å². The maximum Gasteiger partial charge on any atom is 0.321 e. The van der Waals surface area contributed by atoms with Crippen LogP contribution < -0.4 is 9.46 Å². The first kappa shape index (κ1) is 18.8. The summed E-state index contributed by atoms with van der Waals surface area (Å²) >= 11 is 0. The number of ether oxygens (including phenoxy) is 1. The van der Waals surface area contributed by atoms with Gasteiger partial charge < -0.3 is 9.84 Å². The van der Waals surface area contributed by atoms with Crippen molar-refractivity contribution in [2.75, 3.05) is 7.11 Å². The van der Waals surface area contributed by atoms with Crippen LogP contribution in [0.4, 0.5) is 5.69 Å². The van der Waals surface area contributed by atoms with E-state index < -0.39 is 27.0 Å². The number of nitro groups is 1. The Labute approximate surface area is 133 Å². The monoisotopic (exact) mass is 346 g/mol. The Morgan fingerprint density at radius 1 is 1.43 bits per heavy atom. The summed E-state index contributed by atoms with van der Waals surface area (Å²) in [6, 6.07) is 1.68. The van der Waals surface area contributed by atoms with E-state index in [4.69, 9.17) is 9.84 Å². The number of hydrogen-bond acceptors (Lipinski definition) is 6. The van der Waals surface area contributed by atoms with Crippen LogP contribution in [-0.2, 0) is 14.8 Å². The lowest BCUT2D eigenvalue weighted by atomic mass is 10.1. The van der Waals surface area contributed by atoms with E-state index in [0.717, 1.165) is 18.2 Å². The molecule has 0 unspecified atom stereocenters. The maximum absolute atomic E-state index is 12.4. The molecule has 0 saturated heterocycles. The number of carboxylic acids is 1. The van der Waals surface area contributed by atoms with Gasteiger partial charge in [-0.25, -0.2) is 8.42 Å². The fourth-order valence-electron chi connectivity index (χ4n) is 1.91. The Hall–Kier alpha value is -2.20. The summed E-state index contributed by atoms with van der Waals surface area (Å²) in [4.78, 5) is 20.9. The molecule has 128 valence electrons. The first-order chi connectivity index (χ1) is 10.6. The van der Waals surface area contributed by atoms with Crippen molar-refractivity contribution in [2.24, 2.45) is 5.92 Å². The van der Waals surface area contributed by atoms with Crippen LogP contribution in [0.5, 0.6) is 5.75 Å². The van der Waals surface area contributed by atoms with Gasteiger partial charge in [-0.2, -0.15) is 4.72 Å². The molecule has 0 heterocycles. The van der Waals surface area contributed by atoms with Gasteiger partial charge in [0.25, 0.3) is 5.69 Å². The molecule has 0 amide bonds. The van der Waals surface area contributed by atoms with Crippen LogP contribution in [0.3, 0.4) is 0 Å². The molecule has 2 N–H and O–H groups in total. The lowest BCUT2D eigenvalue weighted by Crippen LogP contribution is -2.41. The highest BCUT2D eigenvalue weighted by atomic mass is 32.2. The average Bonchev–Trinajstić information content (AvgIpc) is 2.44. The SMILES string of the molecule is COc1cc([N+](=O)[O-])ccc1S(=O)(=O)N[C@@H](CC(C)C)C(=O)O. The number of nitrogens with one attached hydrogen (secondary N) is 1. The minimum Gasteiger partial charge on any atom is -0.495 e. The fourth-order valence-corrected chi connectivity index (χ4v) is 3.27. The van der Waals surface area contributed by atoms with E-state index in [1.54, 1.807) is 13.8 Å². The summed E-state index contributed by atoms with van der Waals surface area (Å²) in [5.74, 6) is -1.58. The molecule has 10 heteroatoms. The van der Waals surface area contributed by atoms with Gasteiger partial charge in [-0.1, -0.05) is 13.8 Å². The molecular formula is C13H18N2O7S. The van der Waals surface area contributed by atoms with E-state index in [9.17, 15) is 23.3 Å². The Kier molecular flexibility index (Phi) is 6.05. The number of carbonyl (C=O) groups is 1. The van der Waals surface area contributed by atoms with Crippen LogP contribution in [0, 0.1) is 16.0 Å². The van der Waals surface area contributed by atoms with Crippen LogP contribution in [-0.4, -0.2) is 37.6 Å². The molecule has 23 heavy (non-hydrogen) atoms. The second-order valence-corrected chi connectivity index (χ2v) is 6.92. The van der Waals surface area contributed by atoms with Gasteiger partial charge in [0.2, 0.25) is 10.0 Å². The standard InChI is InChI=1S/C13H18N2O7S/c1-8(2)6-10(13(16)17)14-23(20,21)12-5-4-9(15(18)19)7-11(12)22-3/h4-5,7-8,10,14H,6H2,1-3H3,(H,16,17)/t10-/m0/s1. The van der Waals surface area contributed by atoms with Gasteiger partial charge in [0.15, 0.2) is 0 Å². The molecule has 0 aliphatic carbocycles. The Morgan fingerprint density at radius 3 is 2.48 bits per heavy atom. The van der Waals surface area contributed by atoms with E-state index in [2.05, 4.69) is 4.72 Å². The number of rotatable bonds is 8. The average molecular weight is 346 g/mol. The molecule has 0 fully saturated rings. The molecular weight excluding hydrogens is 328 g/mol. The number of nitro benzene ring substituents is 1. The van der Waals surface area contributed by atoms with Gasteiger partial charge in [-0.05, 0) is 18.4 Å². The molecule has 0 aromatic heterocycles. The largest absolute Gasteiger partial charge is 0.495 e. The van der Waals surface area contributed by atoms with Crippen LogP contribution >= 0.6 is 0 Å². The van der Waals surface area contributed by atoms with Crippen LogP contribution in [0.25, 0.3) is 0 Å². The van der Waals surface area contributed by atoms with Gasteiger partial charge in [0.05, 0.1) is 18.1 Å². The molecule has 0 radical (unpaired) electrons. The fraction of sp³-hybridized carbons (Fsp3) is 0.462. The summed E-state index contributed by atoms with van der Waals surface area (Å²) in [6.45, 7) is 3.52. The number of carboxylic acid groups (broad SMARTS) is 1. The van der Waals surface area contributed by atoms with Crippen molar-refractivity contribution in [2.45, 2.75) is 31.2 Å². The highest BCUT2D eigenvalue weighted by molar-refractivity contribution is 7.89. The van der Waals surface area contributed by atoms with Crippen LogP contribution in [0.15, 0.2) is 23.1 Å². The quantitative estimate of drug-likeness (QED) is 0.536. The molecule has 1 aromatic rings. The zero-order valence-electron chi connectivity index (χ0n) is 12.8. The summed E-state index contributed by atoms with van der Waals surface area (Å²) in [5, 5.41) is 19.9. The van der Waals surface area contributed by atoms with Gasteiger partial charge in [-0.3, -0.25) is 14.9 Å². The molecule has 1 atom stereocenters.